The molecule has 0 aliphatic rings. The van der Waals surface area contributed by atoms with Crippen molar-refractivity contribution in [3.8, 4) is 0 Å². The zero-order chi connectivity index (χ0) is 7.56. The Balaban J connectivity index is 0.000001000. The van der Waals surface area contributed by atoms with Crippen molar-refractivity contribution < 1.29 is 40.1 Å². The van der Waals surface area contributed by atoms with E-state index in [1.54, 1.807) is 6.92 Å². The Morgan fingerprint density at radius 2 is 1.73 bits per heavy atom. The Hall–Kier alpha value is -0.00662. The van der Waals surface area contributed by atoms with Gasteiger partial charge in [-0.2, -0.15) is 0 Å². The van der Waals surface area contributed by atoms with E-state index in [1.165, 1.54) is 4.16 Å². The molecule has 0 amide bonds. The molecule has 0 spiro atoms. The standard InChI is InChI=1S/C8H7O.BrH.Zn/c1-7(9)8-5-3-2-4-6-8;;/h3-6H,1H3;1H;/q;;+1/p-1. The van der Waals surface area contributed by atoms with Gasteiger partial charge in [0.2, 0.25) is 0 Å². The Bertz CT molecular complexity index is 243. The van der Waals surface area contributed by atoms with E-state index in [4.69, 9.17) is 0 Å². The third-order valence-corrected chi connectivity index (χ3v) is 2.35. The van der Waals surface area contributed by atoms with Crippen LogP contribution in [0.25, 0.3) is 0 Å². The van der Waals surface area contributed by atoms with Crippen molar-refractivity contribution in [2.24, 2.45) is 0 Å². The predicted octanol–water partition coefficient (Wildman–Crippen LogP) is -1.93. The molecule has 1 nitrogen and oxygen atoms in total. The average Bonchev–Trinajstić information content (AvgIpc) is 1.88. The number of rotatable bonds is 1. The van der Waals surface area contributed by atoms with Crippen LogP contribution >= 0.6 is 0 Å². The molecule has 1 aromatic rings. The molecule has 0 radical (unpaired) electrons. The van der Waals surface area contributed by atoms with E-state index in [1.807, 2.05) is 24.3 Å². The van der Waals surface area contributed by atoms with E-state index >= 15 is 0 Å². The van der Waals surface area contributed by atoms with Crippen molar-refractivity contribution in [3.63, 3.8) is 0 Å². The summed E-state index contributed by atoms with van der Waals surface area (Å²) in [6.45, 7) is 1.58. The number of Topliss-reactive ketones (excluding diaryl/α,β-unsaturated/α-hetero) is 1. The molecule has 0 aliphatic carbocycles. The maximum atomic E-state index is 10.8. The summed E-state index contributed by atoms with van der Waals surface area (Å²) in [5.41, 5.74) is 0.803. The molecule has 0 bridgehead atoms. The summed E-state index contributed by atoms with van der Waals surface area (Å²) >= 11 is 1.15. The topological polar surface area (TPSA) is 17.1 Å². The third kappa shape index (κ3) is 3.26. The first-order valence-corrected chi connectivity index (χ1v) is 4.61. The van der Waals surface area contributed by atoms with Gasteiger partial charge in [-0.15, -0.1) is 0 Å². The molecule has 0 aliphatic heterocycles. The minimum absolute atomic E-state index is 0. The van der Waals surface area contributed by atoms with Gasteiger partial charge in [-0.25, -0.2) is 0 Å². The van der Waals surface area contributed by atoms with Gasteiger partial charge in [0.1, 0.15) is 0 Å². The normalized spacial score (nSPS) is 8.64. The number of carbonyl (C=O) groups is 1. The molecule has 0 N–H and O–H groups in total. The van der Waals surface area contributed by atoms with Gasteiger partial charge in [-0.1, -0.05) is 0 Å². The quantitative estimate of drug-likeness (QED) is 0.426. The zero-order valence-corrected chi connectivity index (χ0v) is 10.9. The third-order valence-electron chi connectivity index (χ3n) is 1.36. The number of halogens is 1. The number of carbonyl (C=O) groups excluding carboxylic acids is 1. The summed E-state index contributed by atoms with van der Waals surface area (Å²) in [6, 6.07) is 7.75. The largest absolute Gasteiger partial charge is 1.00 e. The smallest absolute Gasteiger partial charge is 1.00 e. The maximum absolute atomic E-state index is 10.8. The van der Waals surface area contributed by atoms with Crippen LogP contribution in [0.2, 0.25) is 0 Å². The van der Waals surface area contributed by atoms with Crippen LogP contribution in [-0.2, 0) is 18.3 Å². The van der Waals surface area contributed by atoms with E-state index in [2.05, 4.69) is 0 Å². The second-order valence-corrected chi connectivity index (χ2v) is 3.97. The molecule has 54 valence electrons. The maximum Gasteiger partial charge on any atom is -1.00 e. The molecule has 1 rings (SSSR count). The molecule has 0 saturated carbocycles. The van der Waals surface area contributed by atoms with Crippen LogP contribution in [0, 0.1) is 0 Å². The molecule has 0 atom stereocenters. The SMILES string of the molecule is CC(=O)c1cc[c]([Zn+])cc1.[Br-]. The van der Waals surface area contributed by atoms with E-state index in [0.717, 1.165) is 23.9 Å². The van der Waals surface area contributed by atoms with Crippen LogP contribution in [0.1, 0.15) is 17.3 Å². The van der Waals surface area contributed by atoms with Gasteiger partial charge in [0.25, 0.3) is 0 Å². The first-order chi connectivity index (χ1) is 4.70. The van der Waals surface area contributed by atoms with Crippen molar-refractivity contribution in [3.05, 3.63) is 29.8 Å². The molecule has 1 aromatic carbocycles. The van der Waals surface area contributed by atoms with Gasteiger partial charge in [-0.05, 0) is 0 Å². The minimum atomic E-state index is 0. The van der Waals surface area contributed by atoms with Crippen molar-refractivity contribution in [1.82, 2.24) is 0 Å². The predicted molar refractivity (Wildman–Crippen MR) is 36.1 cm³/mol. The van der Waals surface area contributed by atoms with E-state index in [0.29, 0.717) is 0 Å². The summed E-state index contributed by atoms with van der Waals surface area (Å²) < 4.78 is 1.31. The van der Waals surface area contributed by atoms with E-state index in [9.17, 15) is 4.79 Å². The molecule has 0 unspecified atom stereocenters. The van der Waals surface area contributed by atoms with Crippen molar-refractivity contribution in [2.45, 2.75) is 6.92 Å². The van der Waals surface area contributed by atoms with E-state index in [-0.39, 0.29) is 22.8 Å². The Labute approximate surface area is 86.6 Å². The summed E-state index contributed by atoms with van der Waals surface area (Å²) in [5.74, 6) is 0.139. The molecule has 0 heterocycles. The van der Waals surface area contributed by atoms with Gasteiger partial charge in [0.15, 0.2) is 0 Å². The summed E-state index contributed by atoms with van der Waals surface area (Å²) in [4.78, 5) is 10.8. The Morgan fingerprint density at radius 1 is 1.27 bits per heavy atom. The van der Waals surface area contributed by atoms with Crippen LogP contribution < -0.4 is 21.1 Å². The molecule has 0 aromatic heterocycles. The first kappa shape index (κ1) is 11.0. The molecule has 3 heteroatoms. The summed E-state index contributed by atoms with van der Waals surface area (Å²) in [6.07, 6.45) is 0. The van der Waals surface area contributed by atoms with Crippen molar-refractivity contribution in [1.29, 1.82) is 0 Å². The zero-order valence-electron chi connectivity index (χ0n) is 6.30. The van der Waals surface area contributed by atoms with Crippen LogP contribution in [0.3, 0.4) is 0 Å². The molecule has 0 saturated heterocycles. The van der Waals surface area contributed by atoms with Crippen molar-refractivity contribution in [2.75, 3.05) is 0 Å². The molecule has 11 heavy (non-hydrogen) atoms. The van der Waals surface area contributed by atoms with Gasteiger partial charge in [-0.3, -0.25) is 0 Å². The van der Waals surface area contributed by atoms with Gasteiger partial charge >= 0.3 is 69.8 Å². The number of hydrogen-bond donors (Lipinski definition) is 0. The summed E-state index contributed by atoms with van der Waals surface area (Å²) in [7, 11) is 0. The molecular weight excluding hydrogens is 257 g/mol. The van der Waals surface area contributed by atoms with Crippen LogP contribution in [0.4, 0.5) is 0 Å². The van der Waals surface area contributed by atoms with E-state index < -0.39 is 0 Å². The van der Waals surface area contributed by atoms with Gasteiger partial charge in [0, 0.05) is 0 Å². The second kappa shape index (κ2) is 4.79. The fraction of sp³-hybridized carbons (Fsp3) is 0.125. The number of ketones is 1. The first-order valence-electron chi connectivity index (χ1n) is 3.13. The number of benzene rings is 1. The summed E-state index contributed by atoms with van der Waals surface area (Å²) in [5, 5.41) is 0. The molecular formula is C8H7BrOZn. The minimum Gasteiger partial charge on any atom is -1.00 e. The fourth-order valence-electron chi connectivity index (χ4n) is 0.739. The van der Waals surface area contributed by atoms with Gasteiger partial charge < -0.3 is 17.0 Å². The fourth-order valence-corrected chi connectivity index (χ4v) is 1.23. The average molecular weight is 264 g/mol. The van der Waals surface area contributed by atoms with Gasteiger partial charge in [0.05, 0.1) is 0 Å². The second-order valence-electron chi connectivity index (χ2n) is 2.25. The Morgan fingerprint density at radius 3 is 2.09 bits per heavy atom. The van der Waals surface area contributed by atoms with Crippen LogP contribution in [-0.4, -0.2) is 5.78 Å². The van der Waals surface area contributed by atoms with Crippen LogP contribution in [0.15, 0.2) is 24.3 Å². The monoisotopic (exact) mass is 262 g/mol. The molecule has 0 fully saturated rings. The number of hydrogen-bond acceptors (Lipinski definition) is 1. The Kier molecular flexibility index (Phi) is 4.78. The van der Waals surface area contributed by atoms with Crippen molar-refractivity contribution >= 4 is 9.94 Å². The van der Waals surface area contributed by atoms with Crippen LogP contribution in [0.5, 0.6) is 0 Å².